The fourth-order valence-corrected chi connectivity index (χ4v) is 2.63. The molecule has 2 aromatic rings. The number of piperidine rings is 1. The number of nitrogens with two attached hydrogens (primary N) is 1. The SMILES string of the molecule is CCN1CCC(n2ncc3c(N)ncnc32)CC1. The Kier molecular flexibility index (Phi) is 2.87. The number of likely N-dealkylation sites (tertiary alicyclic amines) is 1. The summed E-state index contributed by atoms with van der Waals surface area (Å²) in [6, 6.07) is 0.430. The summed E-state index contributed by atoms with van der Waals surface area (Å²) in [6.45, 7) is 5.59. The third-order valence-electron chi connectivity index (χ3n) is 3.77. The molecule has 0 saturated carbocycles. The summed E-state index contributed by atoms with van der Waals surface area (Å²) in [5.41, 5.74) is 6.69. The highest BCUT2D eigenvalue weighted by Gasteiger charge is 2.22. The Balaban J connectivity index is 1.89. The molecule has 1 aliphatic heterocycles. The van der Waals surface area contributed by atoms with Crippen molar-refractivity contribution < 1.29 is 0 Å². The number of hydrogen-bond acceptors (Lipinski definition) is 5. The lowest BCUT2D eigenvalue weighted by atomic mass is 10.1. The quantitative estimate of drug-likeness (QED) is 0.858. The second-order valence-electron chi connectivity index (χ2n) is 4.75. The van der Waals surface area contributed by atoms with Crippen LogP contribution in [0.1, 0.15) is 25.8 Å². The molecule has 0 radical (unpaired) electrons. The van der Waals surface area contributed by atoms with E-state index in [1.807, 2.05) is 4.68 Å². The first-order chi connectivity index (χ1) is 8.79. The topological polar surface area (TPSA) is 72.9 Å². The maximum Gasteiger partial charge on any atom is 0.163 e. The van der Waals surface area contributed by atoms with Crippen molar-refractivity contribution in [2.75, 3.05) is 25.4 Å². The van der Waals surface area contributed by atoms with Gasteiger partial charge in [0, 0.05) is 13.1 Å². The second-order valence-corrected chi connectivity index (χ2v) is 4.75. The third kappa shape index (κ3) is 1.82. The molecule has 3 heterocycles. The van der Waals surface area contributed by atoms with E-state index in [1.165, 1.54) is 6.33 Å². The molecule has 0 atom stereocenters. The maximum atomic E-state index is 5.83. The van der Waals surface area contributed by atoms with Gasteiger partial charge in [0.1, 0.15) is 12.1 Å². The fraction of sp³-hybridized carbons (Fsp3) is 0.583. The van der Waals surface area contributed by atoms with Crippen LogP contribution in [0.25, 0.3) is 11.0 Å². The summed E-state index contributed by atoms with van der Waals surface area (Å²) < 4.78 is 2.01. The van der Waals surface area contributed by atoms with Gasteiger partial charge in [-0.3, -0.25) is 0 Å². The molecule has 0 aliphatic carbocycles. The van der Waals surface area contributed by atoms with Gasteiger partial charge in [0.2, 0.25) is 0 Å². The number of anilines is 1. The number of rotatable bonds is 2. The van der Waals surface area contributed by atoms with Gasteiger partial charge >= 0.3 is 0 Å². The van der Waals surface area contributed by atoms with E-state index in [1.54, 1.807) is 6.20 Å². The Morgan fingerprint density at radius 3 is 2.83 bits per heavy atom. The summed E-state index contributed by atoms with van der Waals surface area (Å²) in [5.74, 6) is 0.511. The van der Waals surface area contributed by atoms with E-state index in [2.05, 4.69) is 26.9 Å². The van der Waals surface area contributed by atoms with Gasteiger partial charge < -0.3 is 10.6 Å². The normalized spacial score (nSPS) is 18.5. The molecule has 6 nitrogen and oxygen atoms in total. The van der Waals surface area contributed by atoms with Crippen LogP contribution in [0.2, 0.25) is 0 Å². The molecule has 2 N–H and O–H groups in total. The molecule has 1 fully saturated rings. The molecule has 0 spiro atoms. The van der Waals surface area contributed by atoms with Crippen LogP contribution in [0.3, 0.4) is 0 Å². The van der Waals surface area contributed by atoms with Gasteiger partial charge in [0.15, 0.2) is 5.65 Å². The Bertz CT molecular complexity index is 540. The minimum Gasteiger partial charge on any atom is -0.383 e. The first-order valence-corrected chi connectivity index (χ1v) is 6.45. The number of nitrogen functional groups attached to an aromatic ring is 1. The highest BCUT2D eigenvalue weighted by atomic mass is 15.3. The van der Waals surface area contributed by atoms with Crippen LogP contribution in [0.15, 0.2) is 12.5 Å². The van der Waals surface area contributed by atoms with Gasteiger partial charge in [-0.05, 0) is 19.4 Å². The van der Waals surface area contributed by atoms with E-state index < -0.39 is 0 Å². The predicted octanol–water partition coefficient (Wildman–Crippen LogP) is 1.07. The molecule has 96 valence electrons. The summed E-state index contributed by atoms with van der Waals surface area (Å²) in [4.78, 5) is 10.8. The minimum atomic E-state index is 0.430. The highest BCUT2D eigenvalue weighted by molar-refractivity contribution is 5.84. The van der Waals surface area contributed by atoms with Crippen LogP contribution >= 0.6 is 0 Å². The molecule has 0 aromatic carbocycles. The van der Waals surface area contributed by atoms with Gasteiger partial charge in [-0.15, -0.1) is 0 Å². The van der Waals surface area contributed by atoms with E-state index in [-0.39, 0.29) is 0 Å². The number of hydrogen-bond donors (Lipinski definition) is 1. The maximum absolute atomic E-state index is 5.83. The van der Waals surface area contributed by atoms with Crippen LogP contribution in [0.5, 0.6) is 0 Å². The second kappa shape index (κ2) is 4.53. The average molecular weight is 246 g/mol. The first-order valence-electron chi connectivity index (χ1n) is 6.45. The van der Waals surface area contributed by atoms with Crippen molar-refractivity contribution in [2.24, 2.45) is 0 Å². The molecular weight excluding hydrogens is 228 g/mol. The van der Waals surface area contributed by atoms with Gasteiger partial charge in [-0.25, -0.2) is 14.6 Å². The zero-order valence-electron chi connectivity index (χ0n) is 10.6. The van der Waals surface area contributed by atoms with Crippen molar-refractivity contribution in [1.82, 2.24) is 24.6 Å². The lowest BCUT2D eigenvalue weighted by Gasteiger charge is -2.31. The van der Waals surface area contributed by atoms with Gasteiger partial charge in [0.05, 0.1) is 17.6 Å². The summed E-state index contributed by atoms with van der Waals surface area (Å²) in [6.07, 6.45) is 5.52. The average Bonchev–Trinajstić information content (AvgIpc) is 2.84. The van der Waals surface area contributed by atoms with Crippen molar-refractivity contribution in [1.29, 1.82) is 0 Å². The minimum absolute atomic E-state index is 0.430. The molecular formula is C12H18N6. The summed E-state index contributed by atoms with van der Waals surface area (Å²) in [7, 11) is 0. The Labute approximate surface area is 106 Å². The van der Waals surface area contributed by atoms with Crippen LogP contribution in [-0.2, 0) is 0 Å². The Morgan fingerprint density at radius 2 is 2.11 bits per heavy atom. The van der Waals surface area contributed by atoms with Crippen molar-refractivity contribution in [3.63, 3.8) is 0 Å². The van der Waals surface area contributed by atoms with Gasteiger partial charge in [0.25, 0.3) is 0 Å². The van der Waals surface area contributed by atoms with E-state index in [0.29, 0.717) is 11.9 Å². The zero-order chi connectivity index (χ0) is 12.5. The highest BCUT2D eigenvalue weighted by Crippen LogP contribution is 2.26. The van der Waals surface area contributed by atoms with E-state index in [0.717, 1.165) is 43.5 Å². The third-order valence-corrected chi connectivity index (χ3v) is 3.77. The van der Waals surface area contributed by atoms with Crippen molar-refractivity contribution in [2.45, 2.75) is 25.8 Å². The monoisotopic (exact) mass is 246 g/mol. The van der Waals surface area contributed by atoms with Crippen LogP contribution in [-0.4, -0.2) is 44.3 Å². The molecule has 6 heteroatoms. The first kappa shape index (κ1) is 11.4. The van der Waals surface area contributed by atoms with Crippen molar-refractivity contribution in [3.8, 4) is 0 Å². The van der Waals surface area contributed by atoms with Crippen molar-refractivity contribution in [3.05, 3.63) is 12.5 Å². The van der Waals surface area contributed by atoms with Crippen LogP contribution < -0.4 is 5.73 Å². The lowest BCUT2D eigenvalue weighted by molar-refractivity contribution is 0.189. The standard InChI is InChI=1S/C12H18N6/c1-2-17-5-3-9(4-6-17)18-12-10(7-16-18)11(13)14-8-15-12/h7-9H,2-6H2,1H3,(H2,13,14,15). The molecule has 18 heavy (non-hydrogen) atoms. The molecule has 0 bridgehead atoms. The molecule has 0 unspecified atom stereocenters. The smallest absolute Gasteiger partial charge is 0.163 e. The van der Waals surface area contributed by atoms with Gasteiger partial charge in [-0.2, -0.15) is 5.10 Å². The van der Waals surface area contributed by atoms with Crippen LogP contribution in [0.4, 0.5) is 5.82 Å². The fourth-order valence-electron chi connectivity index (χ4n) is 2.63. The Morgan fingerprint density at radius 1 is 1.33 bits per heavy atom. The molecule has 3 rings (SSSR count). The number of fused-ring (bicyclic) bond motifs is 1. The zero-order valence-corrected chi connectivity index (χ0v) is 10.6. The largest absolute Gasteiger partial charge is 0.383 e. The number of nitrogens with zero attached hydrogens (tertiary/aromatic N) is 5. The van der Waals surface area contributed by atoms with E-state index in [4.69, 9.17) is 5.73 Å². The molecule has 0 amide bonds. The molecule has 1 aliphatic rings. The van der Waals surface area contributed by atoms with E-state index in [9.17, 15) is 0 Å². The molecule has 2 aromatic heterocycles. The summed E-state index contributed by atoms with van der Waals surface area (Å²) >= 11 is 0. The Hall–Kier alpha value is -1.69. The predicted molar refractivity (Wildman–Crippen MR) is 70.1 cm³/mol. The van der Waals surface area contributed by atoms with E-state index >= 15 is 0 Å². The molecule has 1 saturated heterocycles. The lowest BCUT2D eigenvalue weighted by Crippen LogP contribution is -2.34. The van der Waals surface area contributed by atoms with Crippen molar-refractivity contribution >= 4 is 16.9 Å². The number of aromatic nitrogens is 4. The van der Waals surface area contributed by atoms with Gasteiger partial charge in [-0.1, -0.05) is 6.92 Å². The summed E-state index contributed by atoms with van der Waals surface area (Å²) in [5, 5.41) is 5.30. The van der Waals surface area contributed by atoms with Crippen LogP contribution in [0, 0.1) is 0 Å².